The fourth-order valence-electron chi connectivity index (χ4n) is 4.03. The van der Waals surface area contributed by atoms with E-state index in [-0.39, 0.29) is 29.3 Å². The summed E-state index contributed by atoms with van der Waals surface area (Å²) in [5, 5.41) is 0.832. The van der Waals surface area contributed by atoms with Gasteiger partial charge in [-0.2, -0.15) is 0 Å². The fourth-order valence-corrected chi connectivity index (χ4v) is 4.76. The molecule has 2 fully saturated rings. The monoisotopic (exact) mass is 514 g/mol. The summed E-state index contributed by atoms with van der Waals surface area (Å²) in [5.74, 6) is -0.117. The lowest BCUT2D eigenvalue weighted by Crippen LogP contribution is -2.40. The number of hydrogen-bond donors (Lipinski definition) is 0. The van der Waals surface area contributed by atoms with E-state index in [4.69, 9.17) is 33.9 Å². The molecule has 0 bridgehead atoms. The van der Waals surface area contributed by atoms with E-state index in [0.717, 1.165) is 42.6 Å². The molecule has 0 unspecified atom stereocenters. The molecule has 8 nitrogen and oxygen atoms in total. The van der Waals surface area contributed by atoms with Crippen molar-refractivity contribution < 1.29 is 19.1 Å². The number of ether oxygens (including phenoxy) is 2. The van der Waals surface area contributed by atoms with E-state index >= 15 is 0 Å². The highest BCUT2D eigenvalue weighted by molar-refractivity contribution is 7.82. The fraction of sp³-hybridized carbons (Fsp3) is 0.833. The van der Waals surface area contributed by atoms with E-state index in [1.54, 1.807) is 4.90 Å². The molecule has 0 aliphatic carbocycles. The number of nitrogens with zero attached hydrogens (tertiary/aromatic N) is 4. The molecule has 0 spiro atoms. The molecular weight excluding hydrogens is 472 g/mol. The largest absolute Gasteiger partial charge is 0.379 e. The molecule has 2 aliphatic rings. The highest BCUT2D eigenvalue weighted by atomic mass is 32.1. The molecule has 194 valence electrons. The van der Waals surface area contributed by atoms with Crippen molar-refractivity contribution >= 4 is 46.5 Å². The van der Waals surface area contributed by atoms with Gasteiger partial charge in [-0.3, -0.25) is 9.69 Å². The Morgan fingerprint density at radius 2 is 1.26 bits per heavy atom. The number of carbonyl (C=O) groups is 2. The van der Waals surface area contributed by atoms with E-state index in [2.05, 4.69) is 44.4 Å². The zero-order valence-electron chi connectivity index (χ0n) is 21.7. The van der Waals surface area contributed by atoms with Crippen LogP contribution in [0, 0.1) is 10.8 Å². The summed E-state index contributed by atoms with van der Waals surface area (Å²) in [6, 6.07) is -0.186. The average molecular weight is 515 g/mol. The summed E-state index contributed by atoms with van der Waals surface area (Å²) in [4.78, 5) is 32.5. The van der Waals surface area contributed by atoms with Gasteiger partial charge in [0.05, 0.1) is 19.8 Å². The molecule has 0 aromatic rings. The van der Waals surface area contributed by atoms with Gasteiger partial charge < -0.3 is 24.2 Å². The highest BCUT2D eigenvalue weighted by Gasteiger charge is 2.38. The lowest BCUT2D eigenvalue weighted by Gasteiger charge is -2.31. The minimum Gasteiger partial charge on any atom is -0.379 e. The summed E-state index contributed by atoms with van der Waals surface area (Å²) < 4.78 is 11.5. The smallest absolute Gasteiger partial charge is 0.327 e. The minimum atomic E-state index is -0.204. The van der Waals surface area contributed by atoms with Gasteiger partial charge in [0.1, 0.15) is 11.5 Å². The molecule has 0 saturated carbocycles. The molecule has 10 heteroatoms. The number of carbonyl (C=O) groups excluding carboxylic acids is 2. The Hall–Kier alpha value is -1.36. The SMILES string of the molecule is CCN1CC(=O)N(CC(C)(C)CCOCCOCCC(C)(C)CN2C(=S)CN(CC)C2=S)C1=O. The first-order valence-corrected chi connectivity index (χ1v) is 13.1. The van der Waals surface area contributed by atoms with Crippen molar-refractivity contribution in [2.45, 2.75) is 54.4 Å². The second-order valence-electron chi connectivity index (χ2n) is 10.6. The number of rotatable bonds is 15. The predicted octanol–water partition coefficient (Wildman–Crippen LogP) is 3.39. The highest BCUT2D eigenvalue weighted by Crippen LogP contribution is 2.26. The minimum absolute atomic E-state index is 0.0283. The molecule has 0 atom stereocenters. The Morgan fingerprint density at radius 1 is 0.765 bits per heavy atom. The van der Waals surface area contributed by atoms with Gasteiger partial charge in [-0.15, -0.1) is 0 Å². The first kappa shape index (κ1) is 28.9. The quantitative estimate of drug-likeness (QED) is 0.187. The van der Waals surface area contributed by atoms with Crippen LogP contribution in [0.4, 0.5) is 4.79 Å². The third-order valence-electron chi connectivity index (χ3n) is 6.41. The van der Waals surface area contributed by atoms with Crippen LogP contribution in [0.3, 0.4) is 0 Å². The third-order valence-corrected chi connectivity index (χ3v) is 7.24. The molecule has 2 rings (SSSR count). The van der Waals surface area contributed by atoms with Crippen molar-refractivity contribution in [1.82, 2.24) is 19.6 Å². The maximum Gasteiger partial charge on any atom is 0.327 e. The third kappa shape index (κ3) is 8.10. The molecule has 2 saturated heterocycles. The molecule has 34 heavy (non-hydrogen) atoms. The number of urea groups is 1. The van der Waals surface area contributed by atoms with Crippen LogP contribution >= 0.6 is 24.4 Å². The summed E-state index contributed by atoms with van der Waals surface area (Å²) in [6.45, 7) is 18.4. The number of thiocarbonyl (C=S) groups is 2. The Kier molecular flexibility index (Phi) is 10.7. The standard InChI is InChI=1S/C24H42N4O4S2/c1-7-25-15-19(29)27(21(25)30)17-23(3,4)9-11-31-13-14-32-12-10-24(5,6)18-28-20(33)16-26(8-2)22(28)34/h7-18H2,1-6H3. The van der Waals surface area contributed by atoms with Gasteiger partial charge in [-0.1, -0.05) is 39.9 Å². The second-order valence-corrected chi connectivity index (χ2v) is 11.4. The summed E-state index contributed by atoms with van der Waals surface area (Å²) in [6.07, 6.45) is 1.66. The van der Waals surface area contributed by atoms with Crippen LogP contribution in [-0.4, -0.2) is 107 Å². The van der Waals surface area contributed by atoms with Crippen molar-refractivity contribution in [3.05, 3.63) is 0 Å². The first-order valence-electron chi connectivity index (χ1n) is 12.2. The zero-order valence-corrected chi connectivity index (χ0v) is 23.4. The van der Waals surface area contributed by atoms with Crippen LogP contribution in [-0.2, 0) is 14.3 Å². The number of imide groups is 1. The van der Waals surface area contributed by atoms with Gasteiger partial charge in [0.25, 0.3) is 0 Å². The average Bonchev–Trinajstić information content (AvgIpc) is 3.19. The molecule has 0 radical (unpaired) electrons. The van der Waals surface area contributed by atoms with Gasteiger partial charge in [0.15, 0.2) is 5.11 Å². The number of likely N-dealkylation sites (N-methyl/N-ethyl adjacent to an activating group) is 2. The van der Waals surface area contributed by atoms with E-state index in [1.807, 2.05) is 6.92 Å². The topological polar surface area (TPSA) is 65.6 Å². The van der Waals surface area contributed by atoms with Crippen LogP contribution in [0.15, 0.2) is 0 Å². The van der Waals surface area contributed by atoms with Crippen LogP contribution < -0.4 is 0 Å². The van der Waals surface area contributed by atoms with Crippen molar-refractivity contribution in [1.29, 1.82) is 0 Å². The van der Waals surface area contributed by atoms with E-state index < -0.39 is 0 Å². The summed E-state index contributed by atoms with van der Waals surface area (Å²) in [5.41, 5.74) is -0.176. The van der Waals surface area contributed by atoms with Crippen LogP contribution in [0.25, 0.3) is 0 Å². The Morgan fingerprint density at radius 3 is 1.71 bits per heavy atom. The Bertz CT molecular complexity index is 697. The van der Waals surface area contributed by atoms with Gasteiger partial charge in [0.2, 0.25) is 5.91 Å². The van der Waals surface area contributed by atoms with Gasteiger partial charge in [-0.25, -0.2) is 4.79 Å². The van der Waals surface area contributed by atoms with Gasteiger partial charge in [0, 0.05) is 39.4 Å². The molecule has 2 heterocycles. The zero-order chi connectivity index (χ0) is 25.5. The summed E-state index contributed by atoms with van der Waals surface area (Å²) >= 11 is 11.1. The van der Waals surface area contributed by atoms with Crippen molar-refractivity contribution in [2.75, 3.05) is 65.7 Å². The van der Waals surface area contributed by atoms with Gasteiger partial charge in [-0.05, 0) is 49.7 Å². The van der Waals surface area contributed by atoms with Gasteiger partial charge >= 0.3 is 6.03 Å². The maximum absolute atomic E-state index is 12.3. The van der Waals surface area contributed by atoms with Crippen LogP contribution in [0.2, 0.25) is 0 Å². The van der Waals surface area contributed by atoms with Crippen molar-refractivity contribution in [3.8, 4) is 0 Å². The molecular formula is C24H42N4O4S2. The van der Waals surface area contributed by atoms with Crippen molar-refractivity contribution in [2.24, 2.45) is 10.8 Å². The maximum atomic E-state index is 12.3. The molecule has 0 aromatic carbocycles. The Labute approximate surface area is 215 Å². The Balaban J connectivity index is 1.59. The van der Waals surface area contributed by atoms with E-state index in [0.29, 0.717) is 39.5 Å². The summed E-state index contributed by atoms with van der Waals surface area (Å²) in [7, 11) is 0. The van der Waals surface area contributed by atoms with Crippen molar-refractivity contribution in [3.63, 3.8) is 0 Å². The second kappa shape index (κ2) is 12.6. The molecule has 0 aromatic heterocycles. The number of hydrogen-bond acceptors (Lipinski definition) is 6. The van der Waals surface area contributed by atoms with Crippen LogP contribution in [0.1, 0.15) is 54.4 Å². The lowest BCUT2D eigenvalue weighted by atomic mass is 9.89. The molecule has 0 N–H and O–H groups in total. The molecule has 3 amide bonds. The van der Waals surface area contributed by atoms with Crippen LogP contribution in [0.5, 0.6) is 0 Å². The van der Waals surface area contributed by atoms with E-state index in [9.17, 15) is 9.59 Å². The first-order chi connectivity index (χ1) is 15.9. The number of amides is 3. The van der Waals surface area contributed by atoms with E-state index in [1.165, 1.54) is 4.90 Å². The normalized spacial score (nSPS) is 17.7. The lowest BCUT2D eigenvalue weighted by molar-refractivity contribution is -0.126. The molecule has 2 aliphatic heterocycles. The predicted molar refractivity (Wildman–Crippen MR) is 142 cm³/mol.